The van der Waals surface area contributed by atoms with Crippen LogP contribution in [0.5, 0.6) is 0 Å². The van der Waals surface area contributed by atoms with Gasteiger partial charge in [0.25, 0.3) is 0 Å². The molecule has 0 unspecified atom stereocenters. The van der Waals surface area contributed by atoms with Crippen LogP contribution in [0.4, 0.5) is 0 Å². The second kappa shape index (κ2) is 10.8. The first-order valence-electron chi connectivity index (χ1n) is 9.66. The average molecular weight is 477 g/mol. The Kier molecular flexibility index (Phi) is 8.09. The van der Waals surface area contributed by atoms with Crippen LogP contribution in [0.2, 0.25) is 10.0 Å². The fourth-order valence-electron chi connectivity index (χ4n) is 3.01. The maximum absolute atomic E-state index is 13.2. The highest BCUT2D eigenvalue weighted by Gasteiger charge is 2.27. The Morgan fingerprint density at radius 3 is 2.19 bits per heavy atom. The Bertz CT molecular complexity index is 1120. The van der Waals surface area contributed by atoms with Crippen molar-refractivity contribution in [1.29, 1.82) is 0 Å². The summed E-state index contributed by atoms with van der Waals surface area (Å²) in [6, 6.07) is 22.5. The van der Waals surface area contributed by atoms with Gasteiger partial charge in [0.15, 0.2) is 0 Å². The van der Waals surface area contributed by atoms with Gasteiger partial charge in [-0.3, -0.25) is 4.79 Å². The van der Waals surface area contributed by atoms with Crippen LogP contribution >= 0.6 is 23.2 Å². The summed E-state index contributed by atoms with van der Waals surface area (Å²) in [6.45, 7) is 0.0471. The van der Waals surface area contributed by atoms with E-state index < -0.39 is 10.0 Å². The third-order valence-electron chi connectivity index (χ3n) is 4.65. The zero-order valence-corrected chi connectivity index (χ0v) is 19.0. The number of carbonyl (C=O) groups is 1. The van der Waals surface area contributed by atoms with E-state index in [4.69, 9.17) is 23.2 Å². The van der Waals surface area contributed by atoms with Gasteiger partial charge in [-0.25, -0.2) is 8.42 Å². The number of sulfonamides is 1. The van der Waals surface area contributed by atoms with Gasteiger partial charge in [0.1, 0.15) is 0 Å². The zero-order valence-electron chi connectivity index (χ0n) is 16.7. The monoisotopic (exact) mass is 476 g/mol. The lowest BCUT2D eigenvalue weighted by Gasteiger charge is -2.22. The summed E-state index contributed by atoms with van der Waals surface area (Å²) in [7, 11) is -3.95. The third-order valence-corrected chi connectivity index (χ3v) is 7.08. The van der Waals surface area contributed by atoms with Crippen molar-refractivity contribution in [1.82, 2.24) is 9.62 Å². The first-order valence-corrected chi connectivity index (χ1v) is 11.9. The molecule has 0 aromatic heterocycles. The SMILES string of the molecule is O=C(CN(Cc1ccccc1Cl)S(=O)(=O)c1ccc(Cl)cc1)NCCc1ccccc1. The fraction of sp³-hybridized carbons (Fsp3) is 0.174. The van der Waals surface area contributed by atoms with Crippen LogP contribution in [-0.2, 0) is 27.8 Å². The van der Waals surface area contributed by atoms with Crippen molar-refractivity contribution in [3.63, 3.8) is 0 Å². The standard InChI is InChI=1S/C23H22Cl2N2O3S/c24-20-10-12-21(13-11-20)31(29,30)27(16-19-8-4-5-9-22(19)25)17-23(28)26-15-14-18-6-2-1-3-7-18/h1-13H,14-17H2,(H,26,28). The van der Waals surface area contributed by atoms with Crippen LogP contribution in [0.1, 0.15) is 11.1 Å². The number of benzene rings is 3. The van der Waals surface area contributed by atoms with E-state index in [1.54, 1.807) is 24.3 Å². The Labute approximate surface area is 192 Å². The normalized spacial score (nSPS) is 11.5. The summed E-state index contributed by atoms with van der Waals surface area (Å²) >= 11 is 12.1. The van der Waals surface area contributed by atoms with E-state index in [1.807, 2.05) is 30.3 Å². The number of carbonyl (C=O) groups excluding carboxylic acids is 1. The molecule has 0 radical (unpaired) electrons. The lowest BCUT2D eigenvalue weighted by molar-refractivity contribution is -0.121. The van der Waals surface area contributed by atoms with Crippen molar-refractivity contribution < 1.29 is 13.2 Å². The molecule has 0 spiro atoms. The molecule has 31 heavy (non-hydrogen) atoms. The van der Waals surface area contributed by atoms with Crippen LogP contribution in [0.15, 0.2) is 83.8 Å². The second-order valence-corrected chi connectivity index (χ2v) is 9.69. The number of halogens is 2. The van der Waals surface area contributed by atoms with Gasteiger partial charge >= 0.3 is 0 Å². The molecule has 0 atom stereocenters. The molecule has 0 fully saturated rings. The fourth-order valence-corrected chi connectivity index (χ4v) is 4.70. The van der Waals surface area contributed by atoms with Gasteiger partial charge in [0.2, 0.25) is 15.9 Å². The van der Waals surface area contributed by atoms with Crippen molar-refractivity contribution in [3.05, 3.63) is 100 Å². The zero-order chi connectivity index (χ0) is 22.3. The van der Waals surface area contributed by atoms with E-state index in [9.17, 15) is 13.2 Å². The number of amides is 1. The summed E-state index contributed by atoms with van der Waals surface area (Å²) in [5.74, 6) is -0.388. The molecule has 0 saturated heterocycles. The highest BCUT2D eigenvalue weighted by Crippen LogP contribution is 2.23. The van der Waals surface area contributed by atoms with Crippen LogP contribution < -0.4 is 5.32 Å². The predicted octanol–water partition coefficient (Wildman–Crippen LogP) is 4.54. The topological polar surface area (TPSA) is 66.5 Å². The number of hydrogen-bond donors (Lipinski definition) is 1. The molecule has 1 amide bonds. The molecule has 0 aliphatic rings. The summed E-state index contributed by atoms with van der Waals surface area (Å²) in [5, 5.41) is 3.66. The Balaban J connectivity index is 1.76. The average Bonchev–Trinajstić information content (AvgIpc) is 2.76. The number of nitrogens with zero attached hydrogens (tertiary/aromatic N) is 1. The van der Waals surface area contributed by atoms with Crippen LogP contribution in [0.25, 0.3) is 0 Å². The highest BCUT2D eigenvalue weighted by molar-refractivity contribution is 7.89. The molecule has 0 heterocycles. The Morgan fingerprint density at radius 1 is 0.871 bits per heavy atom. The van der Waals surface area contributed by atoms with E-state index in [2.05, 4.69) is 5.32 Å². The molecular formula is C23H22Cl2N2O3S. The van der Waals surface area contributed by atoms with Crippen molar-refractivity contribution >= 4 is 39.1 Å². The summed E-state index contributed by atoms with van der Waals surface area (Å²) in [4.78, 5) is 12.6. The van der Waals surface area contributed by atoms with E-state index in [0.717, 1.165) is 9.87 Å². The van der Waals surface area contributed by atoms with Gasteiger partial charge in [0, 0.05) is 23.1 Å². The number of hydrogen-bond acceptors (Lipinski definition) is 3. The molecular weight excluding hydrogens is 455 g/mol. The minimum absolute atomic E-state index is 0.0310. The Hall–Kier alpha value is -2.38. The van der Waals surface area contributed by atoms with Crippen molar-refractivity contribution in [2.75, 3.05) is 13.1 Å². The van der Waals surface area contributed by atoms with E-state index in [-0.39, 0.29) is 23.9 Å². The molecule has 5 nitrogen and oxygen atoms in total. The van der Waals surface area contributed by atoms with E-state index in [1.165, 1.54) is 24.3 Å². The predicted molar refractivity (Wildman–Crippen MR) is 124 cm³/mol. The number of rotatable bonds is 9. The van der Waals surface area contributed by atoms with Crippen molar-refractivity contribution in [3.8, 4) is 0 Å². The molecule has 0 bridgehead atoms. The van der Waals surface area contributed by atoms with Gasteiger partial charge in [-0.2, -0.15) is 4.31 Å². The highest BCUT2D eigenvalue weighted by atomic mass is 35.5. The minimum atomic E-state index is -3.95. The summed E-state index contributed by atoms with van der Waals surface area (Å²) in [5.41, 5.74) is 1.70. The largest absolute Gasteiger partial charge is 0.355 e. The molecule has 8 heteroatoms. The third kappa shape index (κ3) is 6.55. The molecule has 3 rings (SSSR count). The molecule has 3 aromatic carbocycles. The molecule has 3 aromatic rings. The van der Waals surface area contributed by atoms with Crippen LogP contribution in [0, 0.1) is 0 Å². The minimum Gasteiger partial charge on any atom is -0.355 e. The summed E-state index contributed by atoms with van der Waals surface area (Å²) < 4.78 is 27.6. The smallest absolute Gasteiger partial charge is 0.243 e. The van der Waals surface area contributed by atoms with Crippen LogP contribution in [0.3, 0.4) is 0 Å². The van der Waals surface area contributed by atoms with Gasteiger partial charge < -0.3 is 5.32 Å². The first kappa shape index (κ1) is 23.3. The molecule has 0 saturated carbocycles. The lowest BCUT2D eigenvalue weighted by atomic mass is 10.1. The molecule has 1 N–H and O–H groups in total. The Morgan fingerprint density at radius 2 is 1.52 bits per heavy atom. The lowest BCUT2D eigenvalue weighted by Crippen LogP contribution is -2.40. The second-order valence-electron chi connectivity index (χ2n) is 6.90. The first-order chi connectivity index (χ1) is 14.9. The molecule has 162 valence electrons. The van der Waals surface area contributed by atoms with Crippen molar-refractivity contribution in [2.45, 2.75) is 17.9 Å². The van der Waals surface area contributed by atoms with Gasteiger partial charge in [-0.1, -0.05) is 71.7 Å². The maximum atomic E-state index is 13.2. The van der Waals surface area contributed by atoms with Crippen LogP contribution in [-0.4, -0.2) is 31.7 Å². The maximum Gasteiger partial charge on any atom is 0.243 e. The van der Waals surface area contributed by atoms with Crippen molar-refractivity contribution in [2.24, 2.45) is 0 Å². The molecule has 0 aliphatic heterocycles. The quantitative estimate of drug-likeness (QED) is 0.492. The van der Waals surface area contributed by atoms with Gasteiger partial charge in [-0.15, -0.1) is 0 Å². The summed E-state index contributed by atoms with van der Waals surface area (Å²) in [6.07, 6.45) is 0.654. The van der Waals surface area contributed by atoms with Gasteiger partial charge in [0.05, 0.1) is 11.4 Å². The van der Waals surface area contributed by atoms with E-state index >= 15 is 0 Å². The molecule has 0 aliphatic carbocycles. The van der Waals surface area contributed by atoms with E-state index in [0.29, 0.717) is 28.6 Å². The number of nitrogens with one attached hydrogen (secondary N) is 1. The van der Waals surface area contributed by atoms with Gasteiger partial charge in [-0.05, 0) is 47.9 Å².